The molecule has 0 spiro atoms. The Labute approximate surface area is 201 Å². The lowest BCUT2D eigenvalue weighted by atomic mass is 10.1. The van der Waals surface area contributed by atoms with Crippen molar-refractivity contribution >= 4 is 44.0 Å². The monoisotopic (exact) mass is 485 g/mol. The lowest BCUT2D eigenvalue weighted by molar-refractivity contribution is -0.117. The zero-order valence-electron chi connectivity index (χ0n) is 19.6. The third-order valence-electron chi connectivity index (χ3n) is 6.29. The second-order valence-corrected chi connectivity index (χ2v) is 12.1. The van der Waals surface area contributed by atoms with Crippen molar-refractivity contribution in [3.05, 3.63) is 59.2 Å². The summed E-state index contributed by atoms with van der Waals surface area (Å²) in [6.07, 6.45) is 0.229. The van der Waals surface area contributed by atoms with E-state index < -0.39 is 9.84 Å². The van der Waals surface area contributed by atoms with Gasteiger partial charge in [-0.05, 0) is 57.0 Å². The maximum Gasteiger partial charge on any atom is 0.252 e. The van der Waals surface area contributed by atoms with Crippen molar-refractivity contribution < 1.29 is 13.2 Å². The number of benzene rings is 2. The van der Waals surface area contributed by atoms with Crippen LogP contribution in [-0.4, -0.2) is 55.4 Å². The number of thioether (sulfide) groups is 1. The first-order valence-electron chi connectivity index (χ1n) is 11.4. The van der Waals surface area contributed by atoms with Gasteiger partial charge < -0.3 is 9.80 Å². The third-order valence-corrected chi connectivity index (χ3v) is 9.50. The van der Waals surface area contributed by atoms with Gasteiger partial charge in [-0.3, -0.25) is 4.79 Å². The van der Waals surface area contributed by atoms with Crippen LogP contribution >= 0.6 is 11.8 Å². The van der Waals surface area contributed by atoms with Crippen molar-refractivity contribution in [2.24, 2.45) is 4.99 Å². The summed E-state index contributed by atoms with van der Waals surface area (Å²) >= 11 is 1.42. The molecule has 0 radical (unpaired) electrons. The maximum atomic E-state index is 12.9. The highest BCUT2D eigenvalue weighted by Crippen LogP contribution is 2.42. The Balaban J connectivity index is 1.67. The standard InChI is InChI=1S/C25H31N3O3S2/c1-5-27(6-2)20-10-11-21(18(4)13-20)28-22-15-33(30,31)16-23(22)32-25(28)26-24(29)14-19-9-7-8-17(3)12-19/h7-13,22-23H,5-6,14-16H2,1-4H3/t22-,23+/m1/s1. The average Bonchev–Trinajstić information content (AvgIpc) is 3.20. The molecule has 33 heavy (non-hydrogen) atoms. The topological polar surface area (TPSA) is 70.0 Å². The van der Waals surface area contributed by atoms with Gasteiger partial charge in [0.1, 0.15) is 0 Å². The van der Waals surface area contributed by atoms with Crippen LogP contribution in [0.3, 0.4) is 0 Å². The number of carbonyl (C=O) groups excluding carboxylic acids is 1. The van der Waals surface area contributed by atoms with E-state index in [1.807, 2.05) is 49.1 Å². The zero-order valence-corrected chi connectivity index (χ0v) is 21.2. The van der Waals surface area contributed by atoms with Crippen LogP contribution in [0.4, 0.5) is 11.4 Å². The van der Waals surface area contributed by atoms with Crippen LogP contribution in [0.2, 0.25) is 0 Å². The van der Waals surface area contributed by atoms with E-state index in [9.17, 15) is 13.2 Å². The fraction of sp³-hybridized carbons (Fsp3) is 0.440. The molecule has 0 aromatic heterocycles. The van der Waals surface area contributed by atoms with Gasteiger partial charge in [-0.25, -0.2) is 8.42 Å². The number of aryl methyl sites for hydroxylation is 2. The molecular formula is C25H31N3O3S2. The molecule has 176 valence electrons. The number of amides is 1. The Bertz CT molecular complexity index is 1190. The molecule has 2 aliphatic heterocycles. The Morgan fingerprint density at radius 3 is 2.55 bits per heavy atom. The SMILES string of the molecule is CCN(CC)c1ccc(N2C(=NC(=O)Cc3cccc(C)c3)S[C@H]3CS(=O)(=O)C[C@H]32)c(C)c1. The van der Waals surface area contributed by atoms with Gasteiger partial charge in [-0.15, -0.1) is 0 Å². The Morgan fingerprint density at radius 2 is 1.88 bits per heavy atom. The third kappa shape index (κ3) is 5.11. The molecule has 0 bridgehead atoms. The first-order chi connectivity index (χ1) is 15.7. The van der Waals surface area contributed by atoms with Gasteiger partial charge >= 0.3 is 0 Å². The van der Waals surface area contributed by atoms with Gasteiger partial charge in [-0.2, -0.15) is 4.99 Å². The number of rotatable bonds is 6. The molecule has 0 saturated carbocycles. The number of hydrogen-bond acceptors (Lipinski definition) is 5. The molecule has 4 rings (SSSR count). The quantitative estimate of drug-likeness (QED) is 0.616. The van der Waals surface area contributed by atoms with Crippen molar-refractivity contribution in [3.63, 3.8) is 0 Å². The smallest absolute Gasteiger partial charge is 0.252 e. The first kappa shape index (κ1) is 23.8. The number of anilines is 2. The molecule has 0 aliphatic carbocycles. The first-order valence-corrected chi connectivity index (χ1v) is 14.1. The number of aliphatic imine (C=N–C) groups is 1. The van der Waals surface area contributed by atoms with Crippen LogP contribution < -0.4 is 9.80 Å². The van der Waals surface area contributed by atoms with Crippen molar-refractivity contribution in [2.75, 3.05) is 34.4 Å². The molecular weight excluding hydrogens is 454 g/mol. The molecule has 1 amide bonds. The zero-order chi connectivity index (χ0) is 23.8. The van der Waals surface area contributed by atoms with Crippen molar-refractivity contribution in [3.8, 4) is 0 Å². The van der Waals surface area contributed by atoms with E-state index >= 15 is 0 Å². The van der Waals surface area contributed by atoms with E-state index in [1.54, 1.807) is 0 Å². The van der Waals surface area contributed by atoms with Crippen molar-refractivity contribution in [1.82, 2.24) is 0 Å². The van der Waals surface area contributed by atoms with Crippen LogP contribution in [0.15, 0.2) is 47.5 Å². The predicted octanol–water partition coefficient (Wildman–Crippen LogP) is 3.99. The minimum Gasteiger partial charge on any atom is -0.372 e. The number of nitrogens with zero attached hydrogens (tertiary/aromatic N) is 3. The second kappa shape index (κ2) is 9.50. The predicted molar refractivity (Wildman–Crippen MR) is 138 cm³/mol. The molecule has 2 fully saturated rings. The highest BCUT2D eigenvalue weighted by molar-refractivity contribution is 8.16. The van der Waals surface area contributed by atoms with Crippen LogP contribution in [0, 0.1) is 13.8 Å². The summed E-state index contributed by atoms with van der Waals surface area (Å²) in [5.41, 5.74) is 5.14. The number of carbonyl (C=O) groups is 1. The fourth-order valence-electron chi connectivity index (χ4n) is 4.68. The van der Waals surface area contributed by atoms with Crippen LogP contribution in [-0.2, 0) is 21.1 Å². The Hall–Kier alpha value is -2.32. The van der Waals surface area contributed by atoms with Crippen LogP contribution in [0.1, 0.15) is 30.5 Å². The lowest BCUT2D eigenvalue weighted by Crippen LogP contribution is -2.38. The largest absolute Gasteiger partial charge is 0.372 e. The Kier molecular flexibility index (Phi) is 6.86. The van der Waals surface area contributed by atoms with E-state index in [0.717, 1.165) is 41.2 Å². The van der Waals surface area contributed by atoms with Gasteiger partial charge in [0.15, 0.2) is 15.0 Å². The number of fused-ring (bicyclic) bond motifs is 1. The molecule has 6 nitrogen and oxygen atoms in total. The minimum absolute atomic E-state index is 0.0903. The normalized spacial score (nSPS) is 22.5. The maximum absolute atomic E-state index is 12.9. The van der Waals surface area contributed by atoms with E-state index in [2.05, 4.69) is 35.9 Å². The molecule has 2 aromatic rings. The highest BCUT2D eigenvalue weighted by atomic mass is 32.2. The van der Waals surface area contributed by atoms with Gasteiger partial charge in [0, 0.05) is 29.7 Å². The lowest BCUT2D eigenvalue weighted by Gasteiger charge is -2.28. The number of amidine groups is 1. The molecule has 0 unspecified atom stereocenters. The average molecular weight is 486 g/mol. The molecule has 8 heteroatoms. The summed E-state index contributed by atoms with van der Waals surface area (Å²) in [4.78, 5) is 21.6. The van der Waals surface area contributed by atoms with E-state index in [1.165, 1.54) is 11.8 Å². The molecule has 2 atom stereocenters. The second-order valence-electron chi connectivity index (χ2n) is 8.77. The molecule has 2 heterocycles. The van der Waals surface area contributed by atoms with Crippen molar-refractivity contribution in [2.45, 2.75) is 45.4 Å². The summed E-state index contributed by atoms with van der Waals surface area (Å²) in [5, 5.41) is 0.499. The van der Waals surface area contributed by atoms with Crippen molar-refractivity contribution in [1.29, 1.82) is 0 Å². The van der Waals surface area contributed by atoms with Gasteiger partial charge in [-0.1, -0.05) is 41.6 Å². The molecule has 2 aromatic carbocycles. The summed E-state index contributed by atoms with van der Waals surface area (Å²) in [5.74, 6) is 0.00127. The molecule has 0 N–H and O–H groups in total. The van der Waals surface area contributed by atoms with Crippen LogP contribution in [0.5, 0.6) is 0 Å². The summed E-state index contributed by atoms with van der Waals surface area (Å²) in [6, 6.07) is 13.9. The van der Waals surface area contributed by atoms with E-state index in [-0.39, 0.29) is 35.1 Å². The fourth-order valence-corrected chi connectivity index (χ4v) is 8.61. The van der Waals surface area contributed by atoms with E-state index in [4.69, 9.17) is 0 Å². The number of hydrogen-bond donors (Lipinski definition) is 0. The van der Waals surface area contributed by atoms with E-state index in [0.29, 0.717) is 5.17 Å². The van der Waals surface area contributed by atoms with Crippen LogP contribution in [0.25, 0.3) is 0 Å². The summed E-state index contributed by atoms with van der Waals surface area (Å²) in [6.45, 7) is 10.1. The van der Waals surface area contributed by atoms with Gasteiger partial charge in [0.25, 0.3) is 5.91 Å². The molecule has 2 saturated heterocycles. The molecule has 2 aliphatic rings. The Morgan fingerprint density at radius 1 is 1.12 bits per heavy atom. The summed E-state index contributed by atoms with van der Waals surface area (Å²) < 4.78 is 24.8. The number of sulfone groups is 1. The summed E-state index contributed by atoms with van der Waals surface area (Å²) in [7, 11) is -3.10. The van der Waals surface area contributed by atoms with Gasteiger partial charge in [0.05, 0.1) is 24.0 Å². The highest BCUT2D eigenvalue weighted by Gasteiger charge is 2.49. The minimum atomic E-state index is -3.10. The van der Waals surface area contributed by atoms with Gasteiger partial charge in [0.2, 0.25) is 0 Å².